The van der Waals surface area contributed by atoms with Crippen LogP contribution in [0.3, 0.4) is 0 Å². The average Bonchev–Trinajstić information content (AvgIpc) is 2.58. The van der Waals surface area contributed by atoms with Gasteiger partial charge in [0, 0.05) is 0 Å². The van der Waals surface area contributed by atoms with Crippen molar-refractivity contribution in [1.29, 1.82) is 0 Å². The molecule has 0 aliphatic heterocycles. The standard InChI is InChI=1S/C19H25O6PS/c1-2-4-15-7-11-17(12-8-15)18-13-9-16(10-14-18)5-3-6-19(26(20,21)22)27(23,24)25/h7-14,19H,2-6H2,1H3,(H2,20,21,22)(H,23,24,25)/p-3. The Bertz CT molecular complexity index is 885. The second-order valence-corrected chi connectivity index (χ2v) is 10.1. The molecule has 1 atom stereocenters. The fourth-order valence-electron chi connectivity index (χ4n) is 2.96. The molecule has 0 fully saturated rings. The third-order valence-corrected chi connectivity index (χ3v) is 7.80. The molecular weight excluding hydrogens is 387 g/mol. The lowest BCUT2D eigenvalue weighted by Crippen LogP contribution is -2.32. The summed E-state index contributed by atoms with van der Waals surface area (Å²) < 4.78 is 43.9. The summed E-state index contributed by atoms with van der Waals surface area (Å²) in [6, 6.07) is 15.9. The summed E-state index contributed by atoms with van der Waals surface area (Å²) in [6.07, 6.45) is 2.14. The molecule has 0 saturated carbocycles. The molecular formula is C19H22O6PS-3. The maximum Gasteiger partial charge on any atom is 0.102 e. The summed E-state index contributed by atoms with van der Waals surface area (Å²) in [7, 11) is -10.6. The van der Waals surface area contributed by atoms with Gasteiger partial charge in [0.15, 0.2) is 0 Å². The van der Waals surface area contributed by atoms with Crippen LogP contribution >= 0.6 is 7.60 Å². The van der Waals surface area contributed by atoms with Gasteiger partial charge in [0.25, 0.3) is 0 Å². The van der Waals surface area contributed by atoms with Crippen molar-refractivity contribution in [3.05, 3.63) is 59.7 Å². The molecule has 8 heteroatoms. The average molecular weight is 409 g/mol. The van der Waals surface area contributed by atoms with Crippen LogP contribution in [0.5, 0.6) is 0 Å². The monoisotopic (exact) mass is 409 g/mol. The van der Waals surface area contributed by atoms with Gasteiger partial charge in [-0.1, -0.05) is 69.5 Å². The summed E-state index contributed by atoms with van der Waals surface area (Å²) in [5.74, 6) is 0. The van der Waals surface area contributed by atoms with Gasteiger partial charge in [0.05, 0.1) is 4.99 Å². The Morgan fingerprint density at radius 2 is 1.33 bits per heavy atom. The maximum absolute atomic E-state index is 11.0. The van der Waals surface area contributed by atoms with Gasteiger partial charge in [-0.25, -0.2) is 8.42 Å². The molecule has 2 aromatic rings. The molecule has 0 aromatic heterocycles. The number of hydrogen-bond donors (Lipinski definition) is 0. The first-order chi connectivity index (χ1) is 12.6. The highest BCUT2D eigenvalue weighted by atomic mass is 32.2. The zero-order valence-corrected chi connectivity index (χ0v) is 16.7. The van der Waals surface area contributed by atoms with E-state index in [2.05, 4.69) is 31.2 Å². The van der Waals surface area contributed by atoms with E-state index in [-0.39, 0.29) is 6.42 Å². The second-order valence-electron chi connectivity index (χ2n) is 6.52. The molecule has 148 valence electrons. The molecule has 0 saturated heterocycles. The van der Waals surface area contributed by atoms with Crippen LogP contribution in [-0.4, -0.2) is 18.0 Å². The van der Waals surface area contributed by atoms with E-state index < -0.39 is 29.1 Å². The van der Waals surface area contributed by atoms with Gasteiger partial charge in [0.2, 0.25) is 0 Å². The van der Waals surface area contributed by atoms with Gasteiger partial charge in [0.1, 0.15) is 10.1 Å². The highest BCUT2D eigenvalue weighted by molar-refractivity contribution is 7.93. The summed E-state index contributed by atoms with van der Waals surface area (Å²) in [6.45, 7) is 2.13. The van der Waals surface area contributed by atoms with Crippen LogP contribution in [0.25, 0.3) is 11.1 Å². The number of rotatable bonds is 9. The van der Waals surface area contributed by atoms with E-state index in [1.807, 2.05) is 24.3 Å². The van der Waals surface area contributed by atoms with Crippen molar-refractivity contribution >= 4 is 17.7 Å². The first-order valence-electron chi connectivity index (χ1n) is 8.76. The third-order valence-electron chi connectivity index (χ3n) is 4.38. The minimum Gasteiger partial charge on any atom is -0.810 e. The van der Waals surface area contributed by atoms with Crippen molar-refractivity contribution in [2.24, 2.45) is 0 Å². The van der Waals surface area contributed by atoms with E-state index in [1.165, 1.54) is 5.56 Å². The third kappa shape index (κ3) is 6.55. The zero-order valence-electron chi connectivity index (χ0n) is 15.0. The molecule has 6 nitrogen and oxygen atoms in total. The largest absolute Gasteiger partial charge is 0.810 e. The van der Waals surface area contributed by atoms with Crippen LogP contribution in [0.4, 0.5) is 0 Å². The molecule has 0 aliphatic rings. The van der Waals surface area contributed by atoms with E-state index in [0.717, 1.165) is 29.5 Å². The summed E-state index contributed by atoms with van der Waals surface area (Å²) in [4.78, 5) is 19.6. The molecule has 0 aliphatic carbocycles. The van der Waals surface area contributed by atoms with E-state index in [0.29, 0.717) is 6.42 Å². The lowest BCUT2D eigenvalue weighted by Gasteiger charge is -2.39. The molecule has 2 aromatic carbocycles. The van der Waals surface area contributed by atoms with E-state index in [4.69, 9.17) is 0 Å². The summed E-state index contributed by atoms with van der Waals surface area (Å²) in [5.41, 5.74) is 4.27. The first-order valence-corrected chi connectivity index (χ1v) is 11.8. The van der Waals surface area contributed by atoms with Crippen molar-refractivity contribution in [3.63, 3.8) is 0 Å². The maximum atomic E-state index is 11.0. The second kappa shape index (κ2) is 9.13. The molecule has 0 N–H and O–H groups in total. The van der Waals surface area contributed by atoms with Crippen LogP contribution < -0.4 is 9.79 Å². The Kier molecular flexibility index (Phi) is 7.37. The Morgan fingerprint density at radius 3 is 1.70 bits per heavy atom. The van der Waals surface area contributed by atoms with Crippen LogP contribution in [-0.2, 0) is 27.5 Å². The normalized spacial score (nSPS) is 13.5. The van der Waals surface area contributed by atoms with Gasteiger partial charge in [-0.3, -0.25) is 0 Å². The molecule has 0 heterocycles. The Morgan fingerprint density at radius 1 is 0.889 bits per heavy atom. The van der Waals surface area contributed by atoms with E-state index >= 15 is 0 Å². The Balaban J connectivity index is 1.98. The van der Waals surface area contributed by atoms with Crippen molar-refractivity contribution in [1.82, 2.24) is 0 Å². The van der Waals surface area contributed by atoms with Crippen LogP contribution in [0.1, 0.15) is 37.3 Å². The molecule has 0 radical (unpaired) electrons. The highest BCUT2D eigenvalue weighted by Crippen LogP contribution is 2.38. The number of aryl methyl sites for hydroxylation is 2. The smallest absolute Gasteiger partial charge is 0.102 e. The van der Waals surface area contributed by atoms with Gasteiger partial charge < -0.3 is 18.9 Å². The highest BCUT2D eigenvalue weighted by Gasteiger charge is 2.19. The summed E-state index contributed by atoms with van der Waals surface area (Å²) >= 11 is 0. The van der Waals surface area contributed by atoms with Gasteiger partial charge in [-0.05, 0) is 47.9 Å². The SMILES string of the molecule is CCCc1ccc(-c2ccc(CCCC(P(=O)([O-])[O-])S(=O)(=O)[O-])cc2)cc1. The molecule has 0 bridgehead atoms. The number of benzene rings is 2. The molecule has 0 spiro atoms. The van der Waals surface area contributed by atoms with E-state index in [1.54, 1.807) is 0 Å². The minimum absolute atomic E-state index is 0.117. The molecule has 27 heavy (non-hydrogen) atoms. The fraction of sp³-hybridized carbons (Fsp3) is 0.368. The zero-order chi connectivity index (χ0) is 20.1. The van der Waals surface area contributed by atoms with Crippen molar-refractivity contribution in [2.45, 2.75) is 44.0 Å². The van der Waals surface area contributed by atoms with Crippen molar-refractivity contribution in [2.75, 3.05) is 0 Å². The minimum atomic E-state index is -5.48. The summed E-state index contributed by atoms with van der Waals surface area (Å²) in [5, 5.41) is 0. The molecule has 0 amide bonds. The Labute approximate surface area is 160 Å². The quantitative estimate of drug-likeness (QED) is 0.463. The predicted octanol–water partition coefficient (Wildman–Crippen LogP) is 2.41. The fourth-order valence-corrected chi connectivity index (χ4v) is 5.18. The Hall–Kier alpha value is -1.50. The van der Waals surface area contributed by atoms with Gasteiger partial charge in [-0.2, -0.15) is 0 Å². The van der Waals surface area contributed by atoms with Gasteiger partial charge >= 0.3 is 0 Å². The lowest BCUT2D eigenvalue weighted by molar-refractivity contribution is -0.314. The first kappa shape index (κ1) is 21.8. The van der Waals surface area contributed by atoms with Gasteiger partial charge in [-0.15, -0.1) is 0 Å². The number of hydrogen-bond acceptors (Lipinski definition) is 6. The molecule has 2 rings (SSSR count). The topological polar surface area (TPSA) is 120 Å². The van der Waals surface area contributed by atoms with Crippen molar-refractivity contribution < 1.29 is 27.3 Å². The molecule has 1 unspecified atom stereocenters. The van der Waals surface area contributed by atoms with Crippen LogP contribution in [0, 0.1) is 0 Å². The van der Waals surface area contributed by atoms with Crippen LogP contribution in [0.15, 0.2) is 48.5 Å². The van der Waals surface area contributed by atoms with Crippen LogP contribution in [0.2, 0.25) is 0 Å². The lowest BCUT2D eigenvalue weighted by atomic mass is 10.00. The van der Waals surface area contributed by atoms with Crippen molar-refractivity contribution in [3.8, 4) is 11.1 Å². The van der Waals surface area contributed by atoms with E-state index in [9.17, 15) is 27.3 Å². The predicted molar refractivity (Wildman–Crippen MR) is 99.9 cm³/mol.